The smallest absolute Gasteiger partial charge is 0.0679 e. The number of rotatable bonds is 1. The largest absolute Gasteiger partial charge is 0.392 e. The van der Waals surface area contributed by atoms with Crippen molar-refractivity contribution >= 4 is 15.9 Å². The van der Waals surface area contributed by atoms with Crippen molar-refractivity contribution in [3.05, 3.63) is 23.3 Å². The van der Waals surface area contributed by atoms with E-state index in [-0.39, 0.29) is 10.9 Å². The maximum absolute atomic E-state index is 9.10. The fourth-order valence-corrected chi connectivity index (χ4v) is 2.99. The predicted octanol–water partition coefficient (Wildman–Crippen LogP) is 2.02. The summed E-state index contributed by atoms with van der Waals surface area (Å²) in [6, 6.07) is 0. The van der Waals surface area contributed by atoms with Crippen LogP contribution < -0.4 is 0 Å². The number of fused-ring (bicyclic) bond motifs is 2. The molecule has 0 heterocycles. The summed E-state index contributed by atoms with van der Waals surface area (Å²) >= 11 is 3.65. The van der Waals surface area contributed by atoms with Crippen LogP contribution in [0.1, 0.15) is 13.3 Å². The molecule has 1 N–H and O–H groups in total. The number of allylic oxidation sites excluding steroid dienone is 3. The van der Waals surface area contributed by atoms with Gasteiger partial charge in [0.25, 0.3) is 0 Å². The third-order valence-corrected chi connectivity index (χ3v) is 3.87. The SMILES string of the molecule is CC1=C(CO)C2(Br)C=CC1C2. The van der Waals surface area contributed by atoms with Gasteiger partial charge in [-0.3, -0.25) is 0 Å². The van der Waals surface area contributed by atoms with Crippen molar-refractivity contribution in [2.45, 2.75) is 17.7 Å². The Labute approximate surface area is 74.9 Å². The van der Waals surface area contributed by atoms with Gasteiger partial charge in [0, 0.05) is 0 Å². The van der Waals surface area contributed by atoms with Gasteiger partial charge >= 0.3 is 0 Å². The lowest BCUT2D eigenvalue weighted by molar-refractivity contribution is 0.324. The predicted molar refractivity (Wildman–Crippen MR) is 48.7 cm³/mol. The lowest BCUT2D eigenvalue weighted by Gasteiger charge is -2.19. The quantitative estimate of drug-likeness (QED) is 0.524. The van der Waals surface area contributed by atoms with E-state index < -0.39 is 0 Å². The van der Waals surface area contributed by atoms with Crippen LogP contribution in [0.5, 0.6) is 0 Å². The fourth-order valence-electron chi connectivity index (χ4n) is 2.05. The number of aliphatic hydroxyl groups excluding tert-OH is 1. The van der Waals surface area contributed by atoms with E-state index in [2.05, 4.69) is 35.0 Å². The first-order valence-corrected chi connectivity index (χ1v) is 4.66. The molecule has 0 aromatic rings. The van der Waals surface area contributed by atoms with Crippen molar-refractivity contribution in [3.8, 4) is 0 Å². The lowest BCUT2D eigenvalue weighted by Crippen LogP contribution is -2.17. The summed E-state index contributed by atoms with van der Waals surface area (Å²) in [5.74, 6) is 0.580. The molecule has 0 radical (unpaired) electrons. The first-order valence-electron chi connectivity index (χ1n) is 3.86. The van der Waals surface area contributed by atoms with Crippen LogP contribution in [0.2, 0.25) is 0 Å². The Bertz CT molecular complexity index is 254. The monoisotopic (exact) mass is 214 g/mol. The van der Waals surface area contributed by atoms with Crippen molar-refractivity contribution < 1.29 is 5.11 Å². The molecule has 11 heavy (non-hydrogen) atoms. The minimum atomic E-state index is 0.0104. The van der Waals surface area contributed by atoms with E-state index in [1.54, 1.807) is 0 Å². The van der Waals surface area contributed by atoms with Crippen LogP contribution in [0, 0.1) is 5.92 Å². The van der Waals surface area contributed by atoms with Crippen molar-refractivity contribution in [1.29, 1.82) is 0 Å². The summed E-state index contributed by atoms with van der Waals surface area (Å²) in [7, 11) is 0. The van der Waals surface area contributed by atoms with Crippen LogP contribution in [0.4, 0.5) is 0 Å². The van der Waals surface area contributed by atoms with Crippen LogP contribution in [0.25, 0.3) is 0 Å². The molecule has 0 aliphatic heterocycles. The minimum absolute atomic E-state index is 0.0104. The maximum atomic E-state index is 9.10. The molecule has 60 valence electrons. The van der Waals surface area contributed by atoms with Gasteiger partial charge in [0.05, 0.1) is 10.9 Å². The molecule has 0 amide bonds. The molecule has 2 aliphatic carbocycles. The number of hydrogen-bond acceptors (Lipinski definition) is 1. The third kappa shape index (κ3) is 0.859. The molecule has 0 saturated heterocycles. The van der Waals surface area contributed by atoms with Crippen molar-refractivity contribution in [2.75, 3.05) is 6.61 Å². The minimum Gasteiger partial charge on any atom is -0.392 e. The molecule has 2 rings (SSSR count). The van der Waals surface area contributed by atoms with Gasteiger partial charge in [-0.15, -0.1) is 0 Å². The average Bonchev–Trinajstić information content (AvgIpc) is 2.42. The highest BCUT2D eigenvalue weighted by Crippen LogP contribution is 2.51. The van der Waals surface area contributed by atoms with Crippen LogP contribution in [0.15, 0.2) is 23.3 Å². The van der Waals surface area contributed by atoms with Gasteiger partial charge in [-0.05, 0) is 24.8 Å². The Balaban J connectivity index is 2.44. The second kappa shape index (κ2) is 2.20. The van der Waals surface area contributed by atoms with E-state index in [0.717, 1.165) is 6.42 Å². The maximum Gasteiger partial charge on any atom is 0.0679 e. The van der Waals surface area contributed by atoms with Gasteiger partial charge in [0.2, 0.25) is 0 Å². The molecular weight excluding hydrogens is 204 g/mol. The Morgan fingerprint density at radius 3 is 2.91 bits per heavy atom. The fraction of sp³-hybridized carbons (Fsp3) is 0.556. The zero-order valence-corrected chi connectivity index (χ0v) is 8.06. The van der Waals surface area contributed by atoms with Gasteiger partial charge in [0.15, 0.2) is 0 Å². The first-order chi connectivity index (χ1) is 5.17. The first kappa shape index (κ1) is 7.56. The van der Waals surface area contributed by atoms with Gasteiger partial charge in [-0.25, -0.2) is 0 Å². The van der Waals surface area contributed by atoms with Gasteiger partial charge in [-0.1, -0.05) is 33.7 Å². The van der Waals surface area contributed by atoms with Crippen molar-refractivity contribution in [1.82, 2.24) is 0 Å². The van der Waals surface area contributed by atoms with Gasteiger partial charge in [-0.2, -0.15) is 0 Å². The second-order valence-electron chi connectivity index (χ2n) is 3.35. The highest BCUT2D eigenvalue weighted by atomic mass is 79.9. The molecule has 2 unspecified atom stereocenters. The number of hydrogen-bond donors (Lipinski definition) is 1. The Morgan fingerprint density at radius 2 is 2.55 bits per heavy atom. The lowest BCUT2D eigenvalue weighted by atomic mass is 9.99. The molecule has 0 spiro atoms. The highest BCUT2D eigenvalue weighted by Gasteiger charge is 2.43. The number of aliphatic hydroxyl groups is 1. The van der Waals surface area contributed by atoms with Crippen LogP contribution in [-0.4, -0.2) is 16.0 Å². The number of alkyl halides is 1. The zero-order chi connectivity index (χ0) is 8.06. The Hall–Kier alpha value is -0.0800. The molecule has 2 atom stereocenters. The Morgan fingerprint density at radius 1 is 1.82 bits per heavy atom. The van der Waals surface area contributed by atoms with Gasteiger partial charge < -0.3 is 5.11 Å². The Kier molecular flexibility index (Phi) is 1.52. The van der Waals surface area contributed by atoms with E-state index in [0.29, 0.717) is 5.92 Å². The van der Waals surface area contributed by atoms with Crippen LogP contribution >= 0.6 is 15.9 Å². The summed E-state index contributed by atoms with van der Waals surface area (Å²) in [6.07, 6.45) is 5.49. The van der Waals surface area contributed by atoms with Crippen LogP contribution in [-0.2, 0) is 0 Å². The van der Waals surface area contributed by atoms with E-state index in [1.165, 1.54) is 11.1 Å². The van der Waals surface area contributed by atoms with Crippen LogP contribution in [0.3, 0.4) is 0 Å². The summed E-state index contributed by atoms with van der Waals surface area (Å²) < 4.78 is 0.0104. The molecule has 0 aromatic carbocycles. The summed E-state index contributed by atoms with van der Waals surface area (Å²) in [5, 5.41) is 9.10. The molecular formula is C9H11BrO. The summed E-state index contributed by atoms with van der Waals surface area (Å²) in [4.78, 5) is 0. The van der Waals surface area contributed by atoms with Crippen molar-refractivity contribution in [2.24, 2.45) is 5.92 Å². The highest BCUT2D eigenvalue weighted by molar-refractivity contribution is 9.10. The zero-order valence-electron chi connectivity index (χ0n) is 6.47. The summed E-state index contributed by atoms with van der Waals surface area (Å²) in [5.41, 5.74) is 2.52. The molecule has 1 nitrogen and oxygen atoms in total. The normalized spacial score (nSPS) is 40.8. The standard InChI is InChI=1S/C9H11BrO/c1-6-7-2-3-9(10,4-7)8(6)5-11/h2-3,7,11H,4-5H2,1H3. The molecule has 0 fully saturated rings. The number of halogens is 1. The molecule has 0 saturated carbocycles. The molecule has 0 aromatic heterocycles. The van der Waals surface area contributed by atoms with E-state index in [1.807, 2.05) is 0 Å². The molecule has 2 heteroatoms. The third-order valence-electron chi connectivity index (χ3n) is 2.80. The van der Waals surface area contributed by atoms with E-state index >= 15 is 0 Å². The second-order valence-corrected chi connectivity index (χ2v) is 4.77. The average molecular weight is 215 g/mol. The molecule has 2 aliphatic rings. The van der Waals surface area contributed by atoms with E-state index in [4.69, 9.17) is 5.11 Å². The molecule has 2 bridgehead atoms. The van der Waals surface area contributed by atoms with E-state index in [9.17, 15) is 0 Å². The van der Waals surface area contributed by atoms with Gasteiger partial charge in [0.1, 0.15) is 0 Å². The summed E-state index contributed by atoms with van der Waals surface area (Å²) in [6.45, 7) is 2.31. The van der Waals surface area contributed by atoms with Crippen molar-refractivity contribution in [3.63, 3.8) is 0 Å². The topological polar surface area (TPSA) is 20.2 Å².